The highest BCUT2D eigenvalue weighted by Crippen LogP contribution is 2.30. The maximum atomic E-state index is 13.2. The van der Waals surface area contributed by atoms with E-state index in [1.54, 1.807) is 24.4 Å². The van der Waals surface area contributed by atoms with Gasteiger partial charge in [-0.25, -0.2) is 4.39 Å². The fourth-order valence-corrected chi connectivity index (χ4v) is 2.94. The normalized spacial score (nSPS) is 19.2. The van der Waals surface area contributed by atoms with Crippen LogP contribution in [0.2, 0.25) is 0 Å². The third-order valence-electron chi connectivity index (χ3n) is 4.44. The van der Waals surface area contributed by atoms with Gasteiger partial charge in [-0.15, -0.1) is 0 Å². The minimum absolute atomic E-state index is 0.262. The van der Waals surface area contributed by atoms with Crippen LogP contribution in [0.4, 0.5) is 4.39 Å². The fourth-order valence-electron chi connectivity index (χ4n) is 2.94. The van der Waals surface area contributed by atoms with Crippen LogP contribution < -0.4 is 5.32 Å². The molecule has 1 atom stereocenters. The molecule has 4 rings (SSSR count). The summed E-state index contributed by atoms with van der Waals surface area (Å²) in [6.07, 6.45) is 3.70. The molecular formula is C20H17FN4O. The highest BCUT2D eigenvalue weighted by molar-refractivity contribution is 5.51. The van der Waals surface area contributed by atoms with Crippen molar-refractivity contribution in [1.29, 1.82) is 0 Å². The maximum absolute atomic E-state index is 13.2. The van der Waals surface area contributed by atoms with Crippen LogP contribution in [-0.4, -0.2) is 21.7 Å². The first-order valence-electron chi connectivity index (χ1n) is 8.46. The Bertz CT molecular complexity index is 979. The van der Waals surface area contributed by atoms with Crippen molar-refractivity contribution >= 4 is 0 Å². The van der Waals surface area contributed by atoms with Crippen molar-refractivity contribution in [2.75, 3.05) is 6.54 Å². The lowest BCUT2D eigenvalue weighted by Gasteiger charge is -2.18. The Balaban J connectivity index is 1.53. The van der Waals surface area contributed by atoms with E-state index in [9.17, 15) is 4.39 Å². The molecule has 1 aliphatic rings. The van der Waals surface area contributed by atoms with Gasteiger partial charge in [0, 0.05) is 17.3 Å². The summed E-state index contributed by atoms with van der Waals surface area (Å²) in [7, 11) is 0. The summed E-state index contributed by atoms with van der Waals surface area (Å²) in [5.41, 5.74) is 1.71. The van der Waals surface area contributed by atoms with E-state index in [2.05, 4.69) is 39.2 Å². The molecule has 0 saturated carbocycles. The number of nitrogens with zero attached hydrogens (tertiary/aromatic N) is 3. The van der Waals surface area contributed by atoms with Crippen molar-refractivity contribution in [2.24, 2.45) is 0 Å². The Labute approximate surface area is 150 Å². The van der Waals surface area contributed by atoms with E-state index < -0.39 is 0 Å². The summed E-state index contributed by atoms with van der Waals surface area (Å²) in [5, 5.41) is 7.44. The van der Waals surface area contributed by atoms with Gasteiger partial charge < -0.3 is 9.84 Å². The van der Waals surface area contributed by atoms with E-state index >= 15 is 0 Å². The number of benzene rings is 1. The lowest BCUT2D eigenvalue weighted by Crippen LogP contribution is -2.33. The van der Waals surface area contributed by atoms with Crippen LogP contribution in [0, 0.1) is 17.7 Å². The van der Waals surface area contributed by atoms with E-state index in [1.165, 1.54) is 12.1 Å². The first-order valence-corrected chi connectivity index (χ1v) is 8.46. The molecule has 0 aliphatic carbocycles. The van der Waals surface area contributed by atoms with Crippen LogP contribution in [0.25, 0.3) is 11.5 Å². The Kier molecular flexibility index (Phi) is 4.23. The van der Waals surface area contributed by atoms with Crippen LogP contribution in [-0.2, 0) is 5.54 Å². The highest BCUT2D eigenvalue weighted by atomic mass is 19.1. The van der Waals surface area contributed by atoms with Gasteiger partial charge in [0.05, 0.1) is 5.54 Å². The van der Waals surface area contributed by atoms with Crippen molar-refractivity contribution in [3.63, 3.8) is 0 Å². The molecule has 26 heavy (non-hydrogen) atoms. The summed E-state index contributed by atoms with van der Waals surface area (Å²) in [5.74, 6) is 6.63. The van der Waals surface area contributed by atoms with Crippen molar-refractivity contribution in [3.8, 4) is 23.4 Å². The summed E-state index contributed by atoms with van der Waals surface area (Å²) < 4.78 is 18.6. The minimum atomic E-state index is -0.302. The molecule has 0 spiro atoms. The van der Waals surface area contributed by atoms with Gasteiger partial charge in [-0.05, 0) is 56.6 Å². The molecular weight excluding hydrogens is 331 g/mol. The molecule has 3 heterocycles. The second-order valence-electron chi connectivity index (χ2n) is 6.48. The van der Waals surface area contributed by atoms with Crippen molar-refractivity contribution < 1.29 is 8.91 Å². The average molecular weight is 348 g/mol. The summed E-state index contributed by atoms with van der Waals surface area (Å²) in [6, 6.07) is 9.81. The smallest absolute Gasteiger partial charge is 0.247 e. The summed E-state index contributed by atoms with van der Waals surface area (Å²) >= 11 is 0. The van der Waals surface area contributed by atoms with E-state index in [4.69, 9.17) is 4.52 Å². The second kappa shape index (κ2) is 6.70. The Morgan fingerprint density at radius 1 is 1.19 bits per heavy atom. The van der Waals surface area contributed by atoms with Gasteiger partial charge in [0.1, 0.15) is 11.5 Å². The van der Waals surface area contributed by atoms with E-state index in [0.717, 1.165) is 24.9 Å². The molecule has 1 aromatic carbocycles. The zero-order valence-corrected chi connectivity index (χ0v) is 14.3. The molecule has 5 nitrogen and oxygen atoms in total. The number of aromatic nitrogens is 3. The minimum Gasteiger partial charge on any atom is -0.337 e. The van der Waals surface area contributed by atoms with Gasteiger partial charge in [0.15, 0.2) is 0 Å². The summed E-state index contributed by atoms with van der Waals surface area (Å²) in [6.45, 7) is 3.01. The molecule has 1 saturated heterocycles. The van der Waals surface area contributed by atoms with Crippen LogP contribution in [0.1, 0.15) is 36.8 Å². The van der Waals surface area contributed by atoms with Crippen LogP contribution in [0.15, 0.2) is 47.1 Å². The number of rotatable bonds is 2. The van der Waals surface area contributed by atoms with Gasteiger partial charge >= 0.3 is 0 Å². The van der Waals surface area contributed by atoms with Gasteiger partial charge in [-0.1, -0.05) is 23.1 Å². The quantitative estimate of drug-likeness (QED) is 0.720. The van der Waals surface area contributed by atoms with E-state index in [0.29, 0.717) is 23.0 Å². The molecule has 0 amide bonds. The van der Waals surface area contributed by atoms with E-state index in [-0.39, 0.29) is 11.4 Å². The number of hydrogen-bond donors (Lipinski definition) is 1. The van der Waals surface area contributed by atoms with Crippen LogP contribution in [0.3, 0.4) is 0 Å². The van der Waals surface area contributed by atoms with Gasteiger partial charge in [0.2, 0.25) is 11.7 Å². The van der Waals surface area contributed by atoms with Crippen molar-refractivity contribution in [1.82, 2.24) is 20.4 Å². The number of pyridine rings is 1. The van der Waals surface area contributed by atoms with Crippen molar-refractivity contribution in [3.05, 3.63) is 65.4 Å². The van der Waals surface area contributed by atoms with Gasteiger partial charge in [0.25, 0.3) is 0 Å². The van der Waals surface area contributed by atoms with Gasteiger partial charge in [-0.2, -0.15) is 4.98 Å². The molecule has 1 aliphatic heterocycles. The molecule has 1 N–H and O–H groups in total. The van der Waals surface area contributed by atoms with Gasteiger partial charge in [-0.3, -0.25) is 4.98 Å². The Morgan fingerprint density at radius 2 is 2.08 bits per heavy atom. The zero-order valence-electron chi connectivity index (χ0n) is 14.3. The monoisotopic (exact) mass is 348 g/mol. The largest absolute Gasteiger partial charge is 0.337 e. The van der Waals surface area contributed by atoms with Crippen LogP contribution in [0.5, 0.6) is 0 Å². The third kappa shape index (κ3) is 3.35. The SMILES string of the molecule is CC1(c2nc(-c3ccc(C#Cc4cccc(F)c4)cn3)no2)CCCN1. The predicted octanol–water partition coefficient (Wildman–Crippen LogP) is 3.27. The third-order valence-corrected chi connectivity index (χ3v) is 4.44. The van der Waals surface area contributed by atoms with Crippen molar-refractivity contribution in [2.45, 2.75) is 25.3 Å². The molecule has 1 unspecified atom stereocenters. The molecule has 0 radical (unpaired) electrons. The first kappa shape index (κ1) is 16.4. The topological polar surface area (TPSA) is 63.8 Å². The standard InChI is InChI=1S/C20H17FN4O/c1-20(10-3-11-23-20)19-24-18(25-26-19)17-9-8-15(13-22-17)7-6-14-4-2-5-16(21)12-14/h2,4-5,8-9,12-13,23H,3,10-11H2,1H3. The lowest BCUT2D eigenvalue weighted by molar-refractivity contribution is 0.275. The second-order valence-corrected chi connectivity index (χ2v) is 6.48. The zero-order chi connectivity index (χ0) is 18.0. The lowest BCUT2D eigenvalue weighted by atomic mass is 10.0. The Hall–Kier alpha value is -3.04. The number of halogens is 1. The maximum Gasteiger partial charge on any atom is 0.247 e. The number of hydrogen-bond acceptors (Lipinski definition) is 5. The molecule has 6 heteroatoms. The molecule has 1 fully saturated rings. The predicted molar refractivity (Wildman–Crippen MR) is 94.5 cm³/mol. The molecule has 130 valence electrons. The first-order chi connectivity index (χ1) is 12.6. The molecule has 0 bridgehead atoms. The average Bonchev–Trinajstić information content (AvgIpc) is 3.31. The van der Waals surface area contributed by atoms with E-state index in [1.807, 2.05) is 6.07 Å². The molecule has 2 aromatic heterocycles. The van der Waals surface area contributed by atoms with Crippen LogP contribution >= 0.6 is 0 Å². The fraction of sp³-hybridized carbons (Fsp3) is 0.250. The molecule has 3 aromatic rings. The summed E-state index contributed by atoms with van der Waals surface area (Å²) in [4.78, 5) is 8.85. The number of nitrogens with one attached hydrogen (secondary N) is 1. The highest BCUT2D eigenvalue weighted by Gasteiger charge is 2.35. The Morgan fingerprint density at radius 3 is 2.81 bits per heavy atom.